The molecule has 6 nitrogen and oxygen atoms in total. The first-order valence-electron chi connectivity index (χ1n) is 11.6. The number of carbonyl (C=O) groups excluding carboxylic acids is 1. The van der Waals surface area contributed by atoms with Gasteiger partial charge < -0.3 is 9.64 Å². The van der Waals surface area contributed by atoms with Gasteiger partial charge in [-0.25, -0.2) is 4.68 Å². The van der Waals surface area contributed by atoms with Gasteiger partial charge in [-0.15, -0.1) is 5.10 Å². The zero-order chi connectivity index (χ0) is 18.7. The molecule has 5 fully saturated rings. The molecule has 5 aliphatic rings. The van der Waals surface area contributed by atoms with E-state index in [1.165, 1.54) is 32.1 Å². The first-order chi connectivity index (χ1) is 13.7. The SMILES string of the molecule is O=C(C1CCC1)N1C[C@H]2C[C@@H](n3cc(C4CC4)nn3)[C@H](OCC3CC3)C[C@H]2C1. The fraction of sp³-hybridized carbons (Fsp3) is 0.864. The number of fused-ring (bicyclic) bond motifs is 1. The van der Waals surface area contributed by atoms with Gasteiger partial charge in [0.25, 0.3) is 0 Å². The average molecular weight is 385 g/mol. The minimum absolute atomic E-state index is 0.217. The fourth-order valence-electron chi connectivity index (χ4n) is 5.50. The van der Waals surface area contributed by atoms with E-state index < -0.39 is 0 Å². The lowest BCUT2D eigenvalue weighted by atomic mass is 9.77. The summed E-state index contributed by atoms with van der Waals surface area (Å²) in [4.78, 5) is 15.0. The molecule has 0 aromatic carbocycles. The lowest BCUT2D eigenvalue weighted by Crippen LogP contribution is -2.38. The molecule has 4 aliphatic carbocycles. The van der Waals surface area contributed by atoms with E-state index in [0.29, 0.717) is 29.6 Å². The molecule has 1 saturated heterocycles. The Labute approximate surface area is 167 Å². The van der Waals surface area contributed by atoms with Crippen LogP contribution >= 0.6 is 0 Å². The summed E-state index contributed by atoms with van der Waals surface area (Å²) in [7, 11) is 0. The third kappa shape index (κ3) is 3.27. The first-order valence-corrected chi connectivity index (χ1v) is 11.6. The molecule has 0 spiro atoms. The Balaban J connectivity index is 1.18. The Morgan fingerprint density at radius 2 is 1.86 bits per heavy atom. The van der Waals surface area contributed by atoms with Crippen LogP contribution in [0.4, 0.5) is 0 Å². The second-order valence-electron chi connectivity index (χ2n) is 10.1. The molecule has 4 saturated carbocycles. The number of hydrogen-bond donors (Lipinski definition) is 0. The molecule has 152 valence electrons. The molecule has 0 radical (unpaired) electrons. The van der Waals surface area contributed by atoms with Crippen LogP contribution in [0.2, 0.25) is 0 Å². The van der Waals surface area contributed by atoms with Crippen molar-refractivity contribution < 1.29 is 9.53 Å². The van der Waals surface area contributed by atoms with E-state index in [-0.39, 0.29) is 12.1 Å². The summed E-state index contributed by atoms with van der Waals surface area (Å²) in [5, 5.41) is 8.98. The third-order valence-corrected chi connectivity index (χ3v) is 7.96. The molecule has 1 aliphatic heterocycles. The van der Waals surface area contributed by atoms with E-state index in [0.717, 1.165) is 57.0 Å². The van der Waals surface area contributed by atoms with Crippen molar-refractivity contribution in [2.75, 3.05) is 19.7 Å². The molecule has 1 aromatic heterocycles. The summed E-state index contributed by atoms with van der Waals surface area (Å²) in [5.41, 5.74) is 1.16. The molecular formula is C22H32N4O2. The minimum Gasteiger partial charge on any atom is -0.376 e. The maximum atomic E-state index is 12.8. The van der Waals surface area contributed by atoms with Crippen LogP contribution in [-0.4, -0.2) is 51.6 Å². The smallest absolute Gasteiger partial charge is 0.225 e. The van der Waals surface area contributed by atoms with Crippen molar-refractivity contribution in [3.8, 4) is 0 Å². The lowest BCUT2D eigenvalue weighted by molar-refractivity contribution is -0.137. The molecule has 0 unspecified atom stereocenters. The number of nitrogens with zero attached hydrogens (tertiary/aromatic N) is 4. The summed E-state index contributed by atoms with van der Waals surface area (Å²) < 4.78 is 8.56. The van der Waals surface area contributed by atoms with Crippen molar-refractivity contribution in [2.24, 2.45) is 23.7 Å². The molecule has 6 heteroatoms. The molecule has 4 atom stereocenters. The summed E-state index contributed by atoms with van der Waals surface area (Å²) in [6, 6.07) is 0.277. The van der Waals surface area contributed by atoms with Crippen molar-refractivity contribution >= 4 is 5.91 Å². The Bertz CT molecular complexity index is 737. The Morgan fingerprint density at radius 1 is 1.07 bits per heavy atom. The maximum Gasteiger partial charge on any atom is 0.225 e. The van der Waals surface area contributed by atoms with Gasteiger partial charge in [0.05, 0.1) is 17.8 Å². The monoisotopic (exact) mass is 384 g/mol. The molecule has 2 heterocycles. The quantitative estimate of drug-likeness (QED) is 0.756. The normalized spacial score (nSPS) is 35.6. The summed E-state index contributed by atoms with van der Waals surface area (Å²) in [6.45, 7) is 2.78. The van der Waals surface area contributed by atoms with Crippen molar-refractivity contribution in [3.05, 3.63) is 11.9 Å². The largest absolute Gasteiger partial charge is 0.376 e. The van der Waals surface area contributed by atoms with Crippen molar-refractivity contribution in [3.63, 3.8) is 0 Å². The van der Waals surface area contributed by atoms with Crippen LogP contribution in [0.3, 0.4) is 0 Å². The first kappa shape index (κ1) is 17.4. The Morgan fingerprint density at radius 3 is 2.54 bits per heavy atom. The van der Waals surface area contributed by atoms with Gasteiger partial charge in [-0.2, -0.15) is 0 Å². The van der Waals surface area contributed by atoms with Crippen LogP contribution < -0.4 is 0 Å². The van der Waals surface area contributed by atoms with E-state index in [2.05, 4.69) is 26.1 Å². The van der Waals surface area contributed by atoms with Crippen molar-refractivity contribution in [1.29, 1.82) is 0 Å². The third-order valence-electron chi connectivity index (χ3n) is 7.96. The number of rotatable bonds is 6. The van der Waals surface area contributed by atoms with Gasteiger partial charge in [0.1, 0.15) is 0 Å². The highest BCUT2D eigenvalue weighted by Crippen LogP contribution is 2.45. The second-order valence-corrected chi connectivity index (χ2v) is 10.1. The summed E-state index contributed by atoms with van der Waals surface area (Å²) >= 11 is 0. The zero-order valence-electron chi connectivity index (χ0n) is 16.7. The number of carbonyl (C=O) groups is 1. The van der Waals surface area contributed by atoms with Gasteiger partial charge in [-0.05, 0) is 69.1 Å². The van der Waals surface area contributed by atoms with E-state index in [1.54, 1.807) is 0 Å². The van der Waals surface area contributed by atoms with Gasteiger partial charge >= 0.3 is 0 Å². The van der Waals surface area contributed by atoms with Crippen LogP contribution in [0.1, 0.15) is 75.4 Å². The molecule has 28 heavy (non-hydrogen) atoms. The van der Waals surface area contributed by atoms with Crippen molar-refractivity contribution in [2.45, 2.75) is 75.9 Å². The van der Waals surface area contributed by atoms with Gasteiger partial charge in [0.15, 0.2) is 0 Å². The lowest BCUT2D eigenvalue weighted by Gasteiger charge is -2.37. The average Bonchev–Trinajstić information content (AvgIpc) is 3.58. The predicted molar refractivity (Wildman–Crippen MR) is 104 cm³/mol. The topological polar surface area (TPSA) is 60.2 Å². The molecule has 1 amide bonds. The Kier molecular flexibility index (Phi) is 4.25. The van der Waals surface area contributed by atoms with Crippen LogP contribution in [0.15, 0.2) is 6.20 Å². The molecule has 0 N–H and O–H groups in total. The van der Waals surface area contributed by atoms with Crippen LogP contribution in [0, 0.1) is 23.7 Å². The standard InChI is InChI=1S/C22H32N4O2/c27-22(16-2-1-3-16)25-10-17-8-20(26-12-19(23-24-26)15-6-7-15)21(9-18(17)11-25)28-13-14-4-5-14/h12,14-18,20-21H,1-11,13H2/t17-,18+,20-,21-/m1/s1. The fourth-order valence-corrected chi connectivity index (χ4v) is 5.50. The number of likely N-dealkylation sites (tertiary alicyclic amines) is 1. The van der Waals surface area contributed by atoms with Gasteiger partial charge in [-0.1, -0.05) is 11.6 Å². The highest BCUT2D eigenvalue weighted by molar-refractivity contribution is 5.79. The maximum absolute atomic E-state index is 12.8. The highest BCUT2D eigenvalue weighted by atomic mass is 16.5. The second kappa shape index (κ2) is 6.82. The van der Waals surface area contributed by atoms with E-state index in [9.17, 15) is 4.79 Å². The van der Waals surface area contributed by atoms with Crippen molar-refractivity contribution in [1.82, 2.24) is 19.9 Å². The molecule has 6 rings (SSSR count). The highest BCUT2D eigenvalue weighted by Gasteiger charge is 2.46. The van der Waals surface area contributed by atoms with Gasteiger partial charge in [-0.3, -0.25) is 4.79 Å². The summed E-state index contributed by atoms with van der Waals surface area (Å²) in [6.07, 6.45) is 13.1. The van der Waals surface area contributed by atoms with E-state index in [1.807, 2.05) is 0 Å². The van der Waals surface area contributed by atoms with E-state index >= 15 is 0 Å². The number of aromatic nitrogens is 3. The minimum atomic E-state index is 0.217. The van der Waals surface area contributed by atoms with Crippen LogP contribution in [0.25, 0.3) is 0 Å². The molecule has 0 bridgehead atoms. The Hall–Kier alpha value is -1.43. The van der Waals surface area contributed by atoms with E-state index in [4.69, 9.17) is 4.74 Å². The van der Waals surface area contributed by atoms with Crippen LogP contribution in [0.5, 0.6) is 0 Å². The van der Waals surface area contributed by atoms with Gasteiger partial charge in [0, 0.05) is 37.7 Å². The predicted octanol–water partition coefficient (Wildman–Crippen LogP) is 3.16. The number of ether oxygens (including phenoxy) is 1. The van der Waals surface area contributed by atoms with Crippen LogP contribution in [-0.2, 0) is 9.53 Å². The molecular weight excluding hydrogens is 352 g/mol. The summed E-state index contributed by atoms with van der Waals surface area (Å²) in [5.74, 6) is 3.33. The zero-order valence-corrected chi connectivity index (χ0v) is 16.7. The molecule has 1 aromatic rings. The number of amides is 1. The number of hydrogen-bond acceptors (Lipinski definition) is 4. The van der Waals surface area contributed by atoms with Gasteiger partial charge in [0.2, 0.25) is 5.91 Å².